The summed E-state index contributed by atoms with van der Waals surface area (Å²) in [6, 6.07) is 6.20. The van der Waals surface area contributed by atoms with Gasteiger partial charge < -0.3 is 67.4 Å². The van der Waals surface area contributed by atoms with Gasteiger partial charge in [0.2, 0.25) is 6.29 Å². The summed E-state index contributed by atoms with van der Waals surface area (Å²) in [5.41, 5.74) is 0.334. The third kappa shape index (κ3) is 7.61. The molecule has 15 heteroatoms. The molecule has 0 unspecified atom stereocenters. The zero-order valence-electron chi connectivity index (χ0n) is 26.7. The summed E-state index contributed by atoms with van der Waals surface area (Å²) in [6.07, 6.45) is -14.8. The predicted molar refractivity (Wildman–Crippen MR) is 152 cm³/mol. The summed E-state index contributed by atoms with van der Waals surface area (Å²) in [4.78, 5) is 11.8. The Kier molecular flexibility index (Phi) is 12.5. The summed E-state index contributed by atoms with van der Waals surface area (Å²) >= 11 is 0. The van der Waals surface area contributed by atoms with E-state index in [1.54, 1.807) is 32.9 Å². The minimum absolute atomic E-state index is 0.334. The van der Waals surface area contributed by atoms with Gasteiger partial charge in [0.1, 0.15) is 60.7 Å². The molecule has 0 bridgehead atoms. The molecule has 0 spiro atoms. The average Bonchev–Trinajstić information content (AvgIpc) is 3.03. The van der Waals surface area contributed by atoms with Gasteiger partial charge in [-0.15, -0.1) is 0 Å². The molecular formula is C30H46O15. The maximum absolute atomic E-state index is 11.8. The van der Waals surface area contributed by atoms with Crippen LogP contribution in [0.25, 0.3) is 0 Å². The maximum Gasteiger partial charge on any atom is 0.337 e. The van der Waals surface area contributed by atoms with Crippen molar-refractivity contribution in [3.05, 3.63) is 29.8 Å². The number of rotatable bonds is 11. The zero-order valence-corrected chi connectivity index (χ0v) is 26.7. The van der Waals surface area contributed by atoms with Gasteiger partial charge >= 0.3 is 5.97 Å². The average molecular weight is 647 g/mol. The number of hydrogen-bond donors (Lipinski definition) is 3. The quantitative estimate of drug-likeness (QED) is 0.273. The molecule has 4 rings (SSSR count). The summed E-state index contributed by atoms with van der Waals surface area (Å²) in [6.45, 7) is 5.02. The minimum atomic E-state index is -1.54. The number of hydrogen-bond acceptors (Lipinski definition) is 15. The molecule has 0 radical (unpaired) electrons. The molecule has 0 amide bonds. The van der Waals surface area contributed by atoms with E-state index in [1.165, 1.54) is 47.7 Å². The highest BCUT2D eigenvalue weighted by Gasteiger charge is 2.53. The number of ether oxygens (including phenoxy) is 11. The maximum atomic E-state index is 11.8. The summed E-state index contributed by atoms with van der Waals surface area (Å²) in [7, 11) is 7.20. The normalized spacial score (nSPS) is 42.2. The van der Waals surface area contributed by atoms with Crippen LogP contribution < -0.4 is 4.74 Å². The van der Waals surface area contributed by atoms with E-state index < -0.39 is 98.1 Å². The Hall–Kier alpha value is -1.99. The first-order chi connectivity index (χ1) is 21.5. The summed E-state index contributed by atoms with van der Waals surface area (Å²) in [5, 5.41) is 33.5. The highest BCUT2D eigenvalue weighted by molar-refractivity contribution is 5.89. The van der Waals surface area contributed by atoms with Crippen LogP contribution in [0.3, 0.4) is 0 Å². The lowest BCUT2D eigenvalue weighted by Gasteiger charge is -2.49. The van der Waals surface area contributed by atoms with E-state index in [-0.39, 0.29) is 0 Å². The first kappa shape index (κ1) is 35.9. The molecule has 0 aromatic heterocycles. The molecule has 3 heterocycles. The van der Waals surface area contributed by atoms with Gasteiger partial charge in [0.25, 0.3) is 0 Å². The lowest BCUT2D eigenvalue weighted by molar-refractivity contribution is -0.375. The van der Waals surface area contributed by atoms with E-state index in [4.69, 9.17) is 52.1 Å². The van der Waals surface area contributed by atoms with Crippen LogP contribution in [0.4, 0.5) is 0 Å². The zero-order chi connectivity index (χ0) is 33.0. The third-order valence-electron chi connectivity index (χ3n) is 8.47. The van der Waals surface area contributed by atoms with Gasteiger partial charge in [-0.05, 0) is 45.0 Å². The Morgan fingerprint density at radius 1 is 0.578 bits per heavy atom. The highest BCUT2D eigenvalue weighted by Crippen LogP contribution is 2.35. The van der Waals surface area contributed by atoms with Crippen molar-refractivity contribution >= 4 is 5.97 Å². The number of esters is 1. The van der Waals surface area contributed by atoms with Crippen molar-refractivity contribution in [3.8, 4) is 5.75 Å². The number of carbonyl (C=O) groups is 1. The lowest BCUT2D eigenvalue weighted by atomic mass is 9.96. The fourth-order valence-corrected chi connectivity index (χ4v) is 5.91. The number of aliphatic hydroxyl groups excluding tert-OH is 3. The van der Waals surface area contributed by atoms with E-state index in [2.05, 4.69) is 0 Å². The Morgan fingerprint density at radius 3 is 1.62 bits per heavy atom. The monoisotopic (exact) mass is 646 g/mol. The number of methoxy groups -OCH3 is 5. The lowest BCUT2D eigenvalue weighted by Crippen LogP contribution is -2.66. The van der Waals surface area contributed by atoms with Gasteiger partial charge in [-0.3, -0.25) is 0 Å². The Labute approximate surface area is 262 Å². The van der Waals surface area contributed by atoms with Crippen molar-refractivity contribution in [2.75, 3.05) is 35.5 Å². The predicted octanol–water partition coefficient (Wildman–Crippen LogP) is -0.000500. The summed E-state index contributed by atoms with van der Waals surface area (Å²) in [5.74, 6) is -0.140. The fraction of sp³-hybridized carbons (Fsp3) is 0.767. The minimum Gasteiger partial charge on any atom is -0.465 e. The Bertz CT molecular complexity index is 1070. The van der Waals surface area contributed by atoms with E-state index >= 15 is 0 Å². The van der Waals surface area contributed by atoms with Crippen LogP contribution in [-0.2, 0) is 47.4 Å². The molecule has 45 heavy (non-hydrogen) atoms. The molecule has 3 saturated heterocycles. The fourth-order valence-electron chi connectivity index (χ4n) is 5.91. The molecular weight excluding hydrogens is 600 g/mol. The third-order valence-corrected chi connectivity index (χ3v) is 8.47. The van der Waals surface area contributed by atoms with Crippen LogP contribution >= 0.6 is 0 Å². The second-order valence-corrected chi connectivity index (χ2v) is 11.2. The molecule has 3 aliphatic rings. The first-order valence-corrected chi connectivity index (χ1v) is 14.8. The van der Waals surface area contributed by atoms with Gasteiger partial charge in [-0.1, -0.05) is 0 Å². The van der Waals surface area contributed by atoms with E-state index in [1.807, 2.05) is 0 Å². The molecule has 3 N–H and O–H groups in total. The Balaban J connectivity index is 1.51. The van der Waals surface area contributed by atoms with Gasteiger partial charge in [-0.25, -0.2) is 4.79 Å². The molecule has 15 atom stereocenters. The van der Waals surface area contributed by atoms with Crippen molar-refractivity contribution < 1.29 is 72.2 Å². The Morgan fingerprint density at radius 2 is 1.07 bits per heavy atom. The van der Waals surface area contributed by atoms with Crippen LogP contribution in [0.2, 0.25) is 0 Å². The van der Waals surface area contributed by atoms with Gasteiger partial charge in [0, 0.05) is 28.4 Å². The molecule has 3 aliphatic heterocycles. The van der Waals surface area contributed by atoms with Crippen LogP contribution in [0.15, 0.2) is 24.3 Å². The molecule has 1 aromatic rings. The van der Waals surface area contributed by atoms with E-state index in [0.717, 1.165) is 0 Å². The molecule has 3 fully saturated rings. The van der Waals surface area contributed by atoms with Gasteiger partial charge in [0.15, 0.2) is 12.6 Å². The van der Waals surface area contributed by atoms with Crippen molar-refractivity contribution in [1.82, 2.24) is 0 Å². The molecule has 15 nitrogen and oxygen atoms in total. The van der Waals surface area contributed by atoms with Crippen LogP contribution in [0.1, 0.15) is 31.1 Å². The van der Waals surface area contributed by atoms with Crippen molar-refractivity contribution in [2.45, 2.75) is 113 Å². The van der Waals surface area contributed by atoms with E-state index in [0.29, 0.717) is 11.3 Å². The second-order valence-electron chi connectivity index (χ2n) is 11.2. The molecule has 1 aromatic carbocycles. The second kappa shape index (κ2) is 15.7. The largest absolute Gasteiger partial charge is 0.465 e. The standard InChI is InChI=1S/C30H46O15/c1-13-18(31)22(44-30-26(38-7)24(36-5)21(35-4)15(3)42-30)20(33)28(40-13)45-23-19(32)14(2)41-29(25(23)37-6)43-17-11-9-16(10-12-17)27(34)39-8/h9-15,18-26,28-33H,1-8H3/t13-,14-,15-,18-,19-,20+,21+,22+,23+,24+,25+,26-,28-,29-,30-/m0/s1. The number of carbonyl (C=O) groups excluding carboxylic acids is 1. The van der Waals surface area contributed by atoms with Crippen LogP contribution in [-0.4, -0.2) is 149 Å². The molecule has 0 saturated carbocycles. The van der Waals surface area contributed by atoms with Gasteiger partial charge in [0.05, 0.1) is 31.0 Å². The van der Waals surface area contributed by atoms with Crippen molar-refractivity contribution in [3.63, 3.8) is 0 Å². The topological polar surface area (TPSA) is 179 Å². The van der Waals surface area contributed by atoms with Crippen LogP contribution in [0, 0.1) is 0 Å². The van der Waals surface area contributed by atoms with Crippen molar-refractivity contribution in [2.24, 2.45) is 0 Å². The summed E-state index contributed by atoms with van der Waals surface area (Å²) < 4.78 is 63.3. The number of benzene rings is 1. The first-order valence-electron chi connectivity index (χ1n) is 14.8. The molecule has 256 valence electrons. The van der Waals surface area contributed by atoms with Crippen LogP contribution in [0.5, 0.6) is 5.75 Å². The van der Waals surface area contributed by atoms with Crippen molar-refractivity contribution in [1.29, 1.82) is 0 Å². The highest BCUT2D eigenvalue weighted by atomic mass is 16.8. The number of aliphatic hydroxyl groups is 3. The smallest absolute Gasteiger partial charge is 0.337 e. The van der Waals surface area contributed by atoms with Gasteiger partial charge in [-0.2, -0.15) is 0 Å². The van der Waals surface area contributed by atoms with E-state index in [9.17, 15) is 20.1 Å². The molecule has 0 aliphatic carbocycles. The SMILES string of the molecule is COC(=O)c1ccc(O[C@@H]2O[C@@H](C)[C@H](O)[C@@H](O[C@@H]3O[C@@H](C)[C@H](O)[C@@H](O[C@@H]4O[C@@H](C)[C@@H](OC)[C@@H](OC)[C@@H]4OC)[C@H]3O)[C@H]2OC)cc1.